The number of halogens is 2. The molecule has 0 spiro atoms. The summed E-state index contributed by atoms with van der Waals surface area (Å²) in [5, 5.41) is 0. The highest BCUT2D eigenvalue weighted by atomic mass is 79.9. The Kier molecular flexibility index (Phi) is 5.22. The third kappa shape index (κ3) is 4.15. The molecule has 0 saturated heterocycles. The van der Waals surface area contributed by atoms with Crippen LogP contribution in [0.25, 0.3) is 0 Å². The van der Waals surface area contributed by atoms with Gasteiger partial charge in [0.25, 0.3) is 0 Å². The van der Waals surface area contributed by atoms with Crippen molar-refractivity contribution in [2.45, 2.75) is 24.2 Å². The van der Waals surface area contributed by atoms with E-state index < -0.39 is 10.0 Å². The van der Waals surface area contributed by atoms with Gasteiger partial charge < -0.3 is 0 Å². The van der Waals surface area contributed by atoms with E-state index in [2.05, 4.69) is 48.7 Å². The van der Waals surface area contributed by atoms with Crippen molar-refractivity contribution in [1.29, 1.82) is 0 Å². The highest BCUT2D eigenvalue weighted by molar-refractivity contribution is 9.11. The summed E-state index contributed by atoms with van der Waals surface area (Å²) < 4.78 is 28.6. The number of nitrogens with one attached hydrogen (secondary N) is 1. The Balaban J connectivity index is 2.07. The normalized spacial score (nSPS) is 19.6. The molecule has 2 rings (SSSR count). The summed E-state index contributed by atoms with van der Waals surface area (Å²) in [7, 11) is -3.45. The molecule has 1 atom stereocenters. The van der Waals surface area contributed by atoms with Crippen LogP contribution in [0.1, 0.15) is 19.3 Å². The Morgan fingerprint density at radius 3 is 2.68 bits per heavy atom. The summed E-state index contributed by atoms with van der Waals surface area (Å²) in [5.74, 6) is 0.397. The summed E-state index contributed by atoms with van der Waals surface area (Å²) in [5.41, 5.74) is 0. The predicted molar refractivity (Wildman–Crippen MR) is 83.5 cm³/mol. The average molecular weight is 409 g/mol. The van der Waals surface area contributed by atoms with Crippen LogP contribution < -0.4 is 4.72 Å². The van der Waals surface area contributed by atoms with E-state index in [4.69, 9.17) is 0 Å². The zero-order chi connectivity index (χ0) is 13.9. The fraction of sp³-hybridized carbons (Fsp3) is 0.385. The van der Waals surface area contributed by atoms with Gasteiger partial charge in [-0.2, -0.15) is 0 Å². The molecule has 19 heavy (non-hydrogen) atoms. The van der Waals surface area contributed by atoms with Crippen LogP contribution in [0, 0.1) is 5.92 Å². The van der Waals surface area contributed by atoms with Gasteiger partial charge in [0.15, 0.2) is 0 Å². The van der Waals surface area contributed by atoms with E-state index in [9.17, 15) is 8.42 Å². The molecule has 0 saturated carbocycles. The molecule has 1 aromatic carbocycles. The highest BCUT2D eigenvalue weighted by Gasteiger charge is 2.19. The minimum Gasteiger partial charge on any atom is -0.211 e. The molecular formula is C13H15Br2NO2S. The van der Waals surface area contributed by atoms with Crippen molar-refractivity contribution in [2.75, 3.05) is 6.54 Å². The van der Waals surface area contributed by atoms with E-state index in [1.807, 2.05) is 0 Å². The van der Waals surface area contributed by atoms with Gasteiger partial charge in [0.05, 0.1) is 4.90 Å². The molecule has 0 aliphatic heterocycles. The second-order valence-corrected chi connectivity index (χ2v) is 8.08. The first-order valence-corrected chi connectivity index (χ1v) is 9.15. The summed E-state index contributed by atoms with van der Waals surface area (Å²) in [6.07, 6.45) is 7.30. The third-order valence-electron chi connectivity index (χ3n) is 3.12. The molecule has 104 valence electrons. The van der Waals surface area contributed by atoms with Gasteiger partial charge in [0.1, 0.15) is 0 Å². The molecule has 1 aromatic rings. The number of sulfonamides is 1. The zero-order valence-electron chi connectivity index (χ0n) is 10.3. The minimum atomic E-state index is -3.45. The Labute approximate surface area is 130 Å². The largest absolute Gasteiger partial charge is 0.241 e. The molecule has 0 heterocycles. The standard InChI is InChI=1S/C13H15Br2NO2S/c14-11-6-7-13(12(15)8-11)19(17,18)16-9-10-4-2-1-3-5-10/h1-2,6-8,10,16H,3-5,9H2. The molecule has 0 amide bonds. The molecule has 1 aliphatic rings. The SMILES string of the molecule is O=S(=O)(NCC1CC=CCC1)c1ccc(Br)cc1Br. The van der Waals surface area contributed by atoms with Gasteiger partial charge in [0.2, 0.25) is 10.0 Å². The third-order valence-corrected chi connectivity index (χ3v) is 6.02. The van der Waals surface area contributed by atoms with Crippen LogP contribution >= 0.6 is 31.9 Å². The molecule has 6 heteroatoms. The number of rotatable bonds is 4. The Morgan fingerprint density at radius 1 is 1.26 bits per heavy atom. The van der Waals surface area contributed by atoms with E-state index >= 15 is 0 Å². The summed E-state index contributed by atoms with van der Waals surface area (Å²) in [6, 6.07) is 5.05. The first-order chi connectivity index (χ1) is 8.99. The van der Waals surface area contributed by atoms with Crippen LogP contribution in [-0.2, 0) is 10.0 Å². The Morgan fingerprint density at radius 2 is 2.05 bits per heavy atom. The maximum Gasteiger partial charge on any atom is 0.241 e. The van der Waals surface area contributed by atoms with Crippen molar-refractivity contribution in [3.8, 4) is 0 Å². The molecule has 1 N–H and O–H groups in total. The van der Waals surface area contributed by atoms with E-state index in [0.717, 1.165) is 23.7 Å². The average Bonchev–Trinajstić information content (AvgIpc) is 2.37. The Hall–Kier alpha value is -0.170. The number of hydrogen-bond donors (Lipinski definition) is 1. The van der Waals surface area contributed by atoms with Gasteiger partial charge in [-0.25, -0.2) is 13.1 Å². The highest BCUT2D eigenvalue weighted by Crippen LogP contribution is 2.26. The minimum absolute atomic E-state index is 0.280. The number of benzene rings is 1. The van der Waals surface area contributed by atoms with Crippen LogP contribution in [0.3, 0.4) is 0 Å². The van der Waals surface area contributed by atoms with Gasteiger partial charge in [-0.3, -0.25) is 0 Å². The quantitative estimate of drug-likeness (QED) is 0.769. The van der Waals surface area contributed by atoms with Crippen molar-refractivity contribution in [3.63, 3.8) is 0 Å². The van der Waals surface area contributed by atoms with E-state index in [1.54, 1.807) is 18.2 Å². The van der Waals surface area contributed by atoms with Gasteiger partial charge >= 0.3 is 0 Å². The van der Waals surface area contributed by atoms with Crippen molar-refractivity contribution in [1.82, 2.24) is 4.72 Å². The van der Waals surface area contributed by atoms with E-state index in [1.165, 1.54) is 0 Å². The van der Waals surface area contributed by atoms with Gasteiger partial charge in [-0.05, 0) is 59.3 Å². The topological polar surface area (TPSA) is 46.2 Å². The van der Waals surface area contributed by atoms with Gasteiger partial charge in [-0.1, -0.05) is 28.1 Å². The molecule has 1 aliphatic carbocycles. The van der Waals surface area contributed by atoms with Gasteiger partial charge in [-0.15, -0.1) is 0 Å². The number of hydrogen-bond acceptors (Lipinski definition) is 2. The molecule has 0 aromatic heterocycles. The fourth-order valence-electron chi connectivity index (χ4n) is 2.04. The smallest absolute Gasteiger partial charge is 0.211 e. The first-order valence-electron chi connectivity index (χ1n) is 6.09. The summed E-state index contributed by atoms with van der Waals surface area (Å²) in [6.45, 7) is 0.495. The van der Waals surface area contributed by atoms with Gasteiger partial charge in [0, 0.05) is 15.5 Å². The molecular weight excluding hydrogens is 394 g/mol. The van der Waals surface area contributed by atoms with Crippen molar-refractivity contribution < 1.29 is 8.42 Å². The van der Waals surface area contributed by atoms with E-state index in [-0.39, 0.29) is 4.90 Å². The zero-order valence-corrected chi connectivity index (χ0v) is 14.3. The molecule has 3 nitrogen and oxygen atoms in total. The first kappa shape index (κ1) is 15.2. The fourth-order valence-corrected chi connectivity index (χ4v) is 4.90. The summed E-state index contributed by atoms with van der Waals surface area (Å²) in [4.78, 5) is 0.280. The van der Waals surface area contributed by atoms with Crippen molar-refractivity contribution in [3.05, 3.63) is 39.3 Å². The lowest BCUT2D eigenvalue weighted by Gasteiger charge is -2.18. The second kappa shape index (κ2) is 6.52. The lowest BCUT2D eigenvalue weighted by atomic mass is 9.95. The summed E-state index contributed by atoms with van der Waals surface area (Å²) >= 11 is 6.60. The number of allylic oxidation sites excluding steroid dienone is 2. The van der Waals surface area contributed by atoms with Crippen LogP contribution in [-0.4, -0.2) is 15.0 Å². The van der Waals surface area contributed by atoms with Crippen LogP contribution in [0.15, 0.2) is 44.2 Å². The maximum absolute atomic E-state index is 12.2. The predicted octanol–water partition coefficient (Wildman–Crippen LogP) is 3.85. The van der Waals surface area contributed by atoms with E-state index in [0.29, 0.717) is 16.9 Å². The van der Waals surface area contributed by atoms with Crippen LogP contribution in [0.4, 0.5) is 0 Å². The lowest BCUT2D eigenvalue weighted by Crippen LogP contribution is -2.30. The maximum atomic E-state index is 12.2. The lowest BCUT2D eigenvalue weighted by molar-refractivity contribution is 0.468. The van der Waals surface area contributed by atoms with Crippen LogP contribution in [0.5, 0.6) is 0 Å². The van der Waals surface area contributed by atoms with Crippen molar-refractivity contribution >= 4 is 41.9 Å². The molecule has 0 radical (unpaired) electrons. The van der Waals surface area contributed by atoms with Crippen molar-refractivity contribution in [2.24, 2.45) is 5.92 Å². The molecule has 0 fully saturated rings. The monoisotopic (exact) mass is 407 g/mol. The second-order valence-electron chi connectivity index (χ2n) is 4.58. The van der Waals surface area contributed by atoms with Crippen LogP contribution in [0.2, 0.25) is 0 Å². The molecule has 0 bridgehead atoms. The Bertz CT molecular complexity index is 584. The molecule has 1 unspecified atom stereocenters.